The third kappa shape index (κ3) is 3.73. The number of anilines is 1. The van der Waals surface area contributed by atoms with Crippen LogP contribution in [0.3, 0.4) is 0 Å². The fraction of sp³-hybridized carbons (Fsp3) is 0.318. The van der Waals surface area contributed by atoms with Crippen molar-refractivity contribution in [3.8, 4) is 0 Å². The number of nitrogens with one attached hydrogen (secondary N) is 2. The van der Waals surface area contributed by atoms with Gasteiger partial charge in [0.25, 0.3) is 5.56 Å². The number of rotatable bonds is 5. The van der Waals surface area contributed by atoms with Crippen LogP contribution in [0.15, 0.2) is 65.7 Å². The minimum Gasteiger partial charge on any atom is -0.329 e. The summed E-state index contributed by atoms with van der Waals surface area (Å²) < 4.78 is 1.50. The number of fused-ring (bicyclic) bond motifs is 1. The number of nitrogens with zero attached hydrogens (tertiary/aromatic N) is 4. The molecule has 2 unspecified atom stereocenters. The maximum atomic E-state index is 12.6. The molecule has 2 aromatic heterocycles. The molecule has 2 aliphatic rings. The average molecular weight is 388 g/mol. The normalized spacial score (nSPS) is 20.8. The molecule has 7 nitrogen and oxygen atoms in total. The number of hydrogen-bond acceptors (Lipinski definition) is 6. The summed E-state index contributed by atoms with van der Waals surface area (Å²) in [6.07, 6.45) is 6.90. The van der Waals surface area contributed by atoms with Gasteiger partial charge >= 0.3 is 0 Å². The van der Waals surface area contributed by atoms with E-state index in [0.29, 0.717) is 18.5 Å². The summed E-state index contributed by atoms with van der Waals surface area (Å²) in [5.41, 5.74) is 6.23. The Morgan fingerprint density at radius 1 is 1.14 bits per heavy atom. The molecule has 7 heteroatoms. The Hall–Kier alpha value is -3.19. The molecular formula is C22H24N6O. The highest BCUT2D eigenvalue weighted by Gasteiger charge is 2.27. The molecule has 0 saturated carbocycles. The molecule has 148 valence electrons. The van der Waals surface area contributed by atoms with Crippen molar-refractivity contribution in [2.24, 2.45) is 0 Å². The van der Waals surface area contributed by atoms with Crippen LogP contribution in [0.4, 0.5) is 5.95 Å². The second-order valence-corrected chi connectivity index (χ2v) is 7.69. The van der Waals surface area contributed by atoms with Crippen molar-refractivity contribution in [2.45, 2.75) is 38.0 Å². The monoisotopic (exact) mass is 388 g/mol. The number of pyridine rings is 1. The predicted molar refractivity (Wildman–Crippen MR) is 112 cm³/mol. The summed E-state index contributed by atoms with van der Waals surface area (Å²) >= 11 is 0. The van der Waals surface area contributed by atoms with Crippen LogP contribution in [-0.4, -0.2) is 32.1 Å². The maximum Gasteiger partial charge on any atom is 0.273 e. The van der Waals surface area contributed by atoms with Gasteiger partial charge in [0.05, 0.1) is 5.69 Å². The average Bonchev–Trinajstić information content (AvgIpc) is 3.37. The van der Waals surface area contributed by atoms with E-state index in [9.17, 15) is 4.79 Å². The van der Waals surface area contributed by atoms with Crippen molar-refractivity contribution in [2.75, 3.05) is 17.3 Å². The molecule has 1 aromatic carbocycles. The third-order valence-electron chi connectivity index (χ3n) is 5.69. The van der Waals surface area contributed by atoms with E-state index in [4.69, 9.17) is 4.98 Å². The Bertz CT molecular complexity index is 1040. The zero-order valence-corrected chi connectivity index (χ0v) is 16.2. The summed E-state index contributed by atoms with van der Waals surface area (Å²) in [7, 11) is 0. The molecule has 29 heavy (non-hydrogen) atoms. The van der Waals surface area contributed by atoms with Gasteiger partial charge in [-0.3, -0.25) is 20.1 Å². The van der Waals surface area contributed by atoms with Gasteiger partial charge in [-0.1, -0.05) is 36.4 Å². The number of hydrogen-bond donors (Lipinski definition) is 2. The molecule has 1 saturated heterocycles. The van der Waals surface area contributed by atoms with Crippen molar-refractivity contribution in [1.29, 1.82) is 0 Å². The number of aromatic nitrogens is 3. The summed E-state index contributed by atoms with van der Waals surface area (Å²) in [5.74, 6) is 0.573. The first-order valence-electron chi connectivity index (χ1n) is 10.1. The molecular weight excluding hydrogens is 364 g/mol. The van der Waals surface area contributed by atoms with Crippen molar-refractivity contribution < 1.29 is 0 Å². The van der Waals surface area contributed by atoms with E-state index in [1.807, 2.05) is 48.8 Å². The lowest BCUT2D eigenvalue weighted by atomic mass is 10.1. The van der Waals surface area contributed by atoms with Gasteiger partial charge in [-0.05, 0) is 43.0 Å². The van der Waals surface area contributed by atoms with Crippen LogP contribution in [0, 0.1) is 0 Å². The highest BCUT2D eigenvalue weighted by atomic mass is 16.1. The van der Waals surface area contributed by atoms with Crippen LogP contribution < -0.4 is 16.3 Å². The van der Waals surface area contributed by atoms with Gasteiger partial charge in [0, 0.05) is 31.0 Å². The van der Waals surface area contributed by atoms with Gasteiger partial charge in [0.15, 0.2) is 0 Å². The first-order chi connectivity index (χ1) is 14.3. The van der Waals surface area contributed by atoms with Crippen LogP contribution in [0.5, 0.6) is 0 Å². The summed E-state index contributed by atoms with van der Waals surface area (Å²) in [5, 5.41) is 3.32. The van der Waals surface area contributed by atoms with Crippen LogP contribution in [-0.2, 0) is 13.0 Å². The van der Waals surface area contributed by atoms with E-state index >= 15 is 0 Å². The number of benzene rings is 1. The van der Waals surface area contributed by atoms with Crippen molar-refractivity contribution in [3.05, 3.63) is 88.1 Å². The van der Waals surface area contributed by atoms with Gasteiger partial charge in [0.2, 0.25) is 5.95 Å². The SMILES string of the molecule is O=c1cc(CN2CCCC2Cc2cccnc2)nc2n1NC(c1ccccc1)N2. The van der Waals surface area contributed by atoms with E-state index in [1.165, 1.54) is 16.7 Å². The first kappa shape index (κ1) is 17.9. The Labute approximate surface area is 169 Å². The van der Waals surface area contributed by atoms with Crippen molar-refractivity contribution >= 4 is 5.95 Å². The highest BCUT2D eigenvalue weighted by Crippen LogP contribution is 2.25. The topological polar surface area (TPSA) is 75.1 Å². The summed E-state index contributed by atoms with van der Waals surface area (Å²) in [4.78, 5) is 24.0. The van der Waals surface area contributed by atoms with Gasteiger partial charge in [-0.25, -0.2) is 4.98 Å². The predicted octanol–water partition coefficient (Wildman–Crippen LogP) is 2.51. The second kappa shape index (κ2) is 7.67. The highest BCUT2D eigenvalue weighted by molar-refractivity contribution is 5.41. The fourth-order valence-corrected chi connectivity index (χ4v) is 4.26. The zero-order valence-electron chi connectivity index (χ0n) is 16.2. The largest absolute Gasteiger partial charge is 0.329 e. The molecule has 0 aliphatic carbocycles. The van der Waals surface area contributed by atoms with E-state index < -0.39 is 0 Å². The molecule has 0 radical (unpaired) electrons. The molecule has 0 spiro atoms. The Balaban J connectivity index is 1.32. The molecule has 2 N–H and O–H groups in total. The molecule has 0 amide bonds. The minimum absolute atomic E-state index is 0.0843. The van der Waals surface area contributed by atoms with E-state index in [2.05, 4.69) is 26.7 Å². The van der Waals surface area contributed by atoms with Crippen molar-refractivity contribution in [1.82, 2.24) is 19.5 Å². The Morgan fingerprint density at radius 3 is 2.86 bits per heavy atom. The van der Waals surface area contributed by atoms with Gasteiger partial charge < -0.3 is 5.32 Å². The first-order valence-corrected chi connectivity index (χ1v) is 10.1. The smallest absolute Gasteiger partial charge is 0.273 e. The summed E-state index contributed by atoms with van der Waals surface area (Å²) in [6.45, 7) is 1.72. The standard InChI is InChI=1S/C22H24N6O/c29-20-13-18(15-27-11-5-9-19(27)12-16-6-4-10-23-14-16)24-22-25-21(26-28(20)22)17-7-2-1-3-8-17/h1-4,6-8,10,13-14,19,21,26H,5,9,11-12,15H2,(H,24,25). The van der Waals surface area contributed by atoms with Crippen LogP contribution in [0.2, 0.25) is 0 Å². The lowest BCUT2D eigenvalue weighted by molar-refractivity contribution is 0.241. The van der Waals surface area contributed by atoms with Gasteiger partial charge in [-0.15, -0.1) is 0 Å². The van der Waals surface area contributed by atoms with Crippen LogP contribution in [0.1, 0.15) is 35.8 Å². The molecule has 2 aliphatic heterocycles. The summed E-state index contributed by atoms with van der Waals surface area (Å²) in [6, 6.07) is 16.2. The zero-order chi connectivity index (χ0) is 19.6. The van der Waals surface area contributed by atoms with Crippen molar-refractivity contribution in [3.63, 3.8) is 0 Å². The Kier molecular flexibility index (Phi) is 4.73. The maximum absolute atomic E-state index is 12.6. The number of likely N-dealkylation sites (tertiary alicyclic amines) is 1. The van der Waals surface area contributed by atoms with Gasteiger partial charge in [0.1, 0.15) is 6.17 Å². The molecule has 1 fully saturated rings. The molecule has 3 aromatic rings. The van der Waals surface area contributed by atoms with E-state index in [1.54, 1.807) is 6.07 Å². The molecule has 5 rings (SSSR count). The fourth-order valence-electron chi connectivity index (χ4n) is 4.26. The second-order valence-electron chi connectivity index (χ2n) is 7.69. The van der Waals surface area contributed by atoms with Crippen LogP contribution in [0.25, 0.3) is 0 Å². The molecule has 4 heterocycles. The van der Waals surface area contributed by atoms with Crippen LogP contribution >= 0.6 is 0 Å². The third-order valence-corrected chi connectivity index (χ3v) is 5.69. The molecule has 2 atom stereocenters. The van der Waals surface area contributed by atoms with E-state index in [-0.39, 0.29) is 11.7 Å². The quantitative estimate of drug-likeness (QED) is 0.700. The Morgan fingerprint density at radius 2 is 2.03 bits per heavy atom. The minimum atomic E-state index is -0.156. The lowest BCUT2D eigenvalue weighted by Gasteiger charge is -2.24. The van der Waals surface area contributed by atoms with E-state index in [0.717, 1.165) is 30.6 Å². The lowest BCUT2D eigenvalue weighted by Crippen LogP contribution is -2.32. The molecule has 0 bridgehead atoms. The van der Waals surface area contributed by atoms with Gasteiger partial charge in [-0.2, -0.15) is 4.68 Å².